The van der Waals surface area contributed by atoms with E-state index in [9.17, 15) is 27.2 Å². The van der Waals surface area contributed by atoms with Crippen LogP contribution < -0.4 is 0 Å². The number of H-pyrrole nitrogens is 1. The van der Waals surface area contributed by atoms with Crippen molar-refractivity contribution in [1.29, 1.82) is 0 Å². The molecule has 3 N–H and O–H groups in total. The van der Waals surface area contributed by atoms with Gasteiger partial charge in [-0.3, -0.25) is 0 Å². The van der Waals surface area contributed by atoms with Gasteiger partial charge in [0.15, 0.2) is 0 Å². The third-order valence-corrected chi connectivity index (χ3v) is 3.15. The van der Waals surface area contributed by atoms with Crippen LogP contribution in [0.5, 0.6) is 0 Å². The van der Waals surface area contributed by atoms with Gasteiger partial charge in [0.05, 0.1) is 11.9 Å². The van der Waals surface area contributed by atoms with Crippen LogP contribution >= 0.6 is 0 Å². The van der Waals surface area contributed by atoms with Crippen molar-refractivity contribution < 1.29 is 37.4 Å². The standard InChI is InChI=1S/C12H10F4N2.C4H4O4/c1-7(10-5-17-6-18-10)8-3-2-4-9(11(8)13)12(14,15)16;5-3(6)1-2-4(7)8/h2-7H,1H3,(H,17,18);1-2H,(H,5,6)(H,7,8)/b;2-1+. The Hall–Kier alpha value is -3.17. The smallest absolute Gasteiger partial charge is 0.419 e. The minimum Gasteiger partial charge on any atom is -0.478 e. The van der Waals surface area contributed by atoms with E-state index in [-0.39, 0.29) is 5.56 Å². The molecule has 0 saturated carbocycles. The topological polar surface area (TPSA) is 103 Å². The zero-order valence-corrected chi connectivity index (χ0v) is 13.3. The number of aromatic nitrogens is 2. The van der Waals surface area contributed by atoms with Crippen LogP contribution in [0.3, 0.4) is 0 Å². The number of aromatic amines is 1. The summed E-state index contributed by atoms with van der Waals surface area (Å²) < 4.78 is 51.6. The van der Waals surface area contributed by atoms with Crippen LogP contribution in [0.15, 0.2) is 42.9 Å². The Morgan fingerprint density at radius 2 is 1.77 bits per heavy atom. The summed E-state index contributed by atoms with van der Waals surface area (Å²) in [6, 6.07) is 3.28. The zero-order valence-electron chi connectivity index (χ0n) is 13.3. The average Bonchev–Trinajstić information content (AvgIpc) is 3.06. The van der Waals surface area contributed by atoms with Crippen LogP contribution in [0.4, 0.5) is 17.6 Å². The van der Waals surface area contributed by atoms with Crippen molar-refractivity contribution in [2.45, 2.75) is 19.0 Å². The summed E-state index contributed by atoms with van der Waals surface area (Å²) in [7, 11) is 0. The van der Waals surface area contributed by atoms with Gasteiger partial charge >= 0.3 is 18.1 Å². The second-order valence-electron chi connectivity index (χ2n) is 4.94. The molecular formula is C16H14F4N2O4. The number of hydrogen-bond donors (Lipinski definition) is 3. The Morgan fingerprint density at radius 3 is 2.19 bits per heavy atom. The van der Waals surface area contributed by atoms with Crippen molar-refractivity contribution >= 4 is 11.9 Å². The highest BCUT2D eigenvalue weighted by Crippen LogP contribution is 2.35. The number of halogens is 4. The monoisotopic (exact) mass is 374 g/mol. The molecule has 0 spiro atoms. The molecule has 1 heterocycles. The number of carboxylic acid groups (broad SMARTS) is 2. The maximum absolute atomic E-state index is 13.9. The number of hydrogen-bond acceptors (Lipinski definition) is 3. The Kier molecular flexibility index (Phi) is 7.06. The third-order valence-electron chi connectivity index (χ3n) is 3.15. The van der Waals surface area contributed by atoms with E-state index in [1.807, 2.05) is 0 Å². The maximum Gasteiger partial charge on any atom is 0.419 e. The molecule has 0 saturated heterocycles. The lowest BCUT2D eigenvalue weighted by molar-refractivity contribution is -0.140. The van der Waals surface area contributed by atoms with Crippen molar-refractivity contribution in [2.24, 2.45) is 0 Å². The van der Waals surface area contributed by atoms with Crippen LogP contribution in [0.2, 0.25) is 0 Å². The molecule has 0 amide bonds. The Morgan fingerprint density at radius 1 is 1.19 bits per heavy atom. The van der Waals surface area contributed by atoms with E-state index in [1.54, 1.807) is 6.92 Å². The lowest BCUT2D eigenvalue weighted by Gasteiger charge is -2.15. The summed E-state index contributed by atoms with van der Waals surface area (Å²) in [6.45, 7) is 1.62. The molecule has 10 heteroatoms. The molecule has 0 fully saturated rings. The molecule has 1 unspecified atom stereocenters. The fourth-order valence-electron chi connectivity index (χ4n) is 1.92. The van der Waals surface area contributed by atoms with Crippen molar-refractivity contribution in [2.75, 3.05) is 0 Å². The van der Waals surface area contributed by atoms with Gasteiger partial charge in [-0.05, 0) is 11.6 Å². The number of carbonyl (C=O) groups is 2. The fraction of sp³-hybridized carbons (Fsp3) is 0.188. The third kappa shape index (κ3) is 6.04. The van der Waals surface area contributed by atoms with Gasteiger partial charge in [-0.15, -0.1) is 0 Å². The molecule has 140 valence electrons. The Balaban J connectivity index is 0.000000359. The van der Waals surface area contributed by atoms with Gasteiger partial charge in [-0.25, -0.2) is 19.0 Å². The van der Waals surface area contributed by atoms with Crippen molar-refractivity contribution in [3.63, 3.8) is 0 Å². The Bertz CT molecular complexity index is 770. The lowest BCUT2D eigenvalue weighted by Crippen LogP contribution is -2.11. The van der Waals surface area contributed by atoms with Gasteiger partial charge < -0.3 is 15.2 Å². The minimum absolute atomic E-state index is 0.00549. The predicted octanol–water partition coefficient (Wildman–Crippen LogP) is 3.43. The van der Waals surface area contributed by atoms with Crippen LogP contribution in [-0.2, 0) is 15.8 Å². The van der Waals surface area contributed by atoms with Gasteiger partial charge in [0.25, 0.3) is 0 Å². The van der Waals surface area contributed by atoms with Gasteiger partial charge in [0.1, 0.15) is 5.82 Å². The molecule has 0 aliphatic heterocycles. The van der Waals surface area contributed by atoms with Gasteiger partial charge in [0, 0.05) is 30.0 Å². The molecule has 6 nitrogen and oxygen atoms in total. The predicted molar refractivity (Wildman–Crippen MR) is 81.9 cm³/mol. The largest absolute Gasteiger partial charge is 0.478 e. The summed E-state index contributed by atoms with van der Waals surface area (Å²) in [6.07, 6.45) is -0.708. The number of nitrogens with one attached hydrogen (secondary N) is 1. The van der Waals surface area contributed by atoms with E-state index < -0.39 is 35.4 Å². The van der Waals surface area contributed by atoms with Gasteiger partial charge in [0.2, 0.25) is 0 Å². The number of carboxylic acids is 2. The zero-order chi connectivity index (χ0) is 19.9. The number of aliphatic carboxylic acids is 2. The molecule has 1 atom stereocenters. The van der Waals surface area contributed by atoms with E-state index in [0.717, 1.165) is 6.07 Å². The number of alkyl halides is 3. The normalized spacial score (nSPS) is 12.3. The second kappa shape index (κ2) is 8.79. The van der Waals surface area contributed by atoms with Crippen molar-refractivity contribution in [3.8, 4) is 0 Å². The number of nitrogens with zero attached hydrogens (tertiary/aromatic N) is 1. The summed E-state index contributed by atoms with van der Waals surface area (Å²) in [5, 5.41) is 15.6. The number of imidazole rings is 1. The van der Waals surface area contributed by atoms with E-state index in [1.165, 1.54) is 24.7 Å². The van der Waals surface area contributed by atoms with Crippen LogP contribution in [0, 0.1) is 5.82 Å². The van der Waals surface area contributed by atoms with Crippen molar-refractivity contribution in [3.05, 3.63) is 65.5 Å². The molecule has 1 aromatic heterocycles. The highest BCUT2D eigenvalue weighted by molar-refractivity contribution is 5.89. The maximum atomic E-state index is 13.9. The molecule has 0 aliphatic rings. The first kappa shape index (κ1) is 20.9. The van der Waals surface area contributed by atoms with E-state index in [2.05, 4.69) is 9.97 Å². The molecular weight excluding hydrogens is 360 g/mol. The SMILES string of the molecule is CC(c1cnc[nH]1)c1cccc(C(F)(F)F)c1F.O=C(O)/C=C/C(=O)O. The van der Waals surface area contributed by atoms with Crippen molar-refractivity contribution in [1.82, 2.24) is 9.97 Å². The quantitative estimate of drug-likeness (QED) is 0.562. The first-order chi connectivity index (χ1) is 12.0. The lowest BCUT2D eigenvalue weighted by atomic mass is 9.95. The average molecular weight is 374 g/mol. The molecule has 0 radical (unpaired) electrons. The minimum atomic E-state index is -4.69. The number of benzene rings is 1. The van der Waals surface area contributed by atoms with Crippen LogP contribution in [0.25, 0.3) is 0 Å². The molecule has 1 aromatic carbocycles. The van der Waals surface area contributed by atoms with E-state index in [4.69, 9.17) is 10.2 Å². The molecule has 2 aromatic rings. The number of rotatable bonds is 4. The summed E-state index contributed by atoms with van der Waals surface area (Å²) in [5.41, 5.74) is -0.686. The summed E-state index contributed by atoms with van der Waals surface area (Å²) >= 11 is 0. The van der Waals surface area contributed by atoms with Crippen LogP contribution in [-0.4, -0.2) is 32.1 Å². The first-order valence-electron chi connectivity index (χ1n) is 7.01. The van der Waals surface area contributed by atoms with E-state index in [0.29, 0.717) is 17.8 Å². The van der Waals surface area contributed by atoms with Crippen LogP contribution in [0.1, 0.15) is 29.7 Å². The molecule has 26 heavy (non-hydrogen) atoms. The Labute approximate surface area is 144 Å². The summed E-state index contributed by atoms with van der Waals surface area (Å²) in [4.78, 5) is 25.6. The van der Waals surface area contributed by atoms with Gasteiger partial charge in [-0.1, -0.05) is 19.1 Å². The highest BCUT2D eigenvalue weighted by Gasteiger charge is 2.35. The fourth-order valence-corrected chi connectivity index (χ4v) is 1.92. The van der Waals surface area contributed by atoms with E-state index >= 15 is 0 Å². The molecule has 0 bridgehead atoms. The summed E-state index contributed by atoms with van der Waals surface area (Å²) in [5.74, 6) is -4.26. The molecule has 0 aliphatic carbocycles. The first-order valence-corrected chi connectivity index (χ1v) is 7.01. The molecule has 2 rings (SSSR count). The second-order valence-corrected chi connectivity index (χ2v) is 4.94. The van der Waals surface area contributed by atoms with Gasteiger partial charge in [-0.2, -0.15) is 13.2 Å². The highest BCUT2D eigenvalue weighted by atomic mass is 19.4.